The van der Waals surface area contributed by atoms with Crippen molar-refractivity contribution < 1.29 is 0 Å². The first-order chi connectivity index (χ1) is 16.6. The van der Waals surface area contributed by atoms with Crippen molar-refractivity contribution in [2.24, 2.45) is 0 Å². The van der Waals surface area contributed by atoms with Gasteiger partial charge in [-0.1, -0.05) is 48.5 Å². The van der Waals surface area contributed by atoms with Crippen molar-refractivity contribution in [1.82, 2.24) is 0 Å². The smallest absolute Gasteiger partial charge is 0.138 e. The molecule has 1 aliphatic carbocycles. The Bertz CT molecular complexity index is 1430. The number of rotatable bonds is 2. The van der Waals surface area contributed by atoms with Crippen molar-refractivity contribution in [2.45, 2.75) is 13.8 Å². The number of anilines is 1. The Morgan fingerprint density at radius 1 is 0.794 bits per heavy atom. The lowest BCUT2D eigenvalue weighted by Crippen LogP contribution is -2.25. The van der Waals surface area contributed by atoms with E-state index in [1.807, 2.05) is 98.0 Å². The van der Waals surface area contributed by atoms with Gasteiger partial charge in [0.1, 0.15) is 35.4 Å². The molecule has 2 aromatic rings. The van der Waals surface area contributed by atoms with Crippen LogP contribution >= 0.6 is 0 Å². The molecular weight excluding hydrogens is 418 g/mol. The fourth-order valence-electron chi connectivity index (χ4n) is 4.62. The van der Waals surface area contributed by atoms with Crippen LogP contribution in [0.2, 0.25) is 0 Å². The summed E-state index contributed by atoms with van der Waals surface area (Å²) in [7, 11) is 0. The predicted octanol–water partition coefficient (Wildman–Crippen LogP) is 6.06. The zero-order valence-corrected chi connectivity index (χ0v) is 18.8. The van der Waals surface area contributed by atoms with Crippen LogP contribution in [-0.4, -0.2) is 6.54 Å². The van der Waals surface area contributed by atoms with E-state index in [0.29, 0.717) is 27.8 Å². The van der Waals surface area contributed by atoms with Crippen molar-refractivity contribution in [3.05, 3.63) is 106 Å². The van der Waals surface area contributed by atoms with E-state index in [9.17, 15) is 21.0 Å². The molecule has 0 fully saturated rings. The maximum Gasteiger partial charge on any atom is 0.138 e. The number of para-hydroxylation sites is 1. The zero-order valence-electron chi connectivity index (χ0n) is 18.8. The summed E-state index contributed by atoms with van der Waals surface area (Å²) in [6, 6.07) is 23.3. The van der Waals surface area contributed by atoms with Gasteiger partial charge < -0.3 is 4.90 Å². The highest BCUT2D eigenvalue weighted by Gasteiger charge is 2.35. The normalized spacial score (nSPS) is 13.9. The average molecular weight is 438 g/mol. The third-order valence-electron chi connectivity index (χ3n) is 5.92. The van der Waals surface area contributed by atoms with Crippen LogP contribution in [0.3, 0.4) is 0 Å². The van der Waals surface area contributed by atoms with Gasteiger partial charge in [0.25, 0.3) is 0 Å². The Balaban J connectivity index is 2.29. The fourth-order valence-corrected chi connectivity index (χ4v) is 4.62. The van der Waals surface area contributed by atoms with Gasteiger partial charge in [0.2, 0.25) is 0 Å². The van der Waals surface area contributed by atoms with Gasteiger partial charge in [0.05, 0.1) is 0 Å². The minimum Gasteiger partial charge on any atom is -0.341 e. The van der Waals surface area contributed by atoms with Gasteiger partial charge in [-0.3, -0.25) is 0 Å². The maximum atomic E-state index is 9.85. The van der Waals surface area contributed by atoms with Crippen LogP contribution in [0.5, 0.6) is 0 Å². The second-order valence-corrected chi connectivity index (χ2v) is 7.61. The summed E-state index contributed by atoms with van der Waals surface area (Å²) in [6.07, 6.45) is 5.96. The van der Waals surface area contributed by atoms with E-state index in [1.165, 1.54) is 0 Å². The highest BCUT2D eigenvalue weighted by atomic mass is 15.1. The van der Waals surface area contributed by atoms with Crippen molar-refractivity contribution in [1.29, 1.82) is 21.0 Å². The molecule has 1 aliphatic heterocycles. The predicted molar refractivity (Wildman–Crippen MR) is 132 cm³/mol. The largest absolute Gasteiger partial charge is 0.341 e. The molecule has 4 rings (SSSR count). The monoisotopic (exact) mass is 437 g/mol. The van der Waals surface area contributed by atoms with E-state index in [1.54, 1.807) is 0 Å². The summed E-state index contributed by atoms with van der Waals surface area (Å²) in [4.78, 5) is 2.18. The molecule has 0 N–H and O–H groups in total. The van der Waals surface area contributed by atoms with E-state index in [2.05, 4.69) is 11.8 Å². The molecule has 0 amide bonds. The first-order valence-corrected chi connectivity index (χ1v) is 10.8. The van der Waals surface area contributed by atoms with Gasteiger partial charge in [-0.05, 0) is 48.8 Å². The Labute approximate surface area is 199 Å². The van der Waals surface area contributed by atoms with Crippen LogP contribution in [0.15, 0.2) is 89.2 Å². The van der Waals surface area contributed by atoms with Crippen molar-refractivity contribution in [2.75, 3.05) is 11.4 Å². The summed E-state index contributed by atoms with van der Waals surface area (Å²) in [6.45, 7) is 4.75. The number of fused-ring (bicyclic) bond motifs is 2. The highest BCUT2D eigenvalue weighted by molar-refractivity contribution is 6.18. The molecule has 34 heavy (non-hydrogen) atoms. The molecule has 5 heteroatoms. The number of hydrogen-bond donors (Lipinski definition) is 0. The number of likely N-dealkylation sites (N-methyl/N-ethyl adjacent to an activating group) is 1. The zero-order chi connectivity index (χ0) is 24.2. The summed E-state index contributed by atoms with van der Waals surface area (Å²) >= 11 is 0. The summed E-state index contributed by atoms with van der Waals surface area (Å²) < 4.78 is 0. The maximum absolute atomic E-state index is 9.85. The first-order valence-electron chi connectivity index (χ1n) is 10.8. The Hall–Kier alpha value is -5.10. The van der Waals surface area contributed by atoms with Crippen molar-refractivity contribution in [3.63, 3.8) is 0 Å². The number of hydrogen-bond acceptors (Lipinski definition) is 5. The molecule has 1 heterocycles. The highest BCUT2D eigenvalue weighted by Crippen LogP contribution is 2.53. The van der Waals surface area contributed by atoms with Crippen molar-refractivity contribution in [3.8, 4) is 24.3 Å². The standard InChI is InChI=1S/C29H19N5/c1-3-9-21-14-25(22-10-7-8-13-26(22)34(21)4-2)29-27(19(15-30)16-31)23-11-5-6-12-24(23)28(29)20(17-32)18-33/h3,5-14H,4H2,1-2H3/b9-3+. The molecule has 0 radical (unpaired) electrons. The Morgan fingerprint density at radius 3 is 1.76 bits per heavy atom. The van der Waals surface area contributed by atoms with E-state index in [0.717, 1.165) is 29.1 Å². The van der Waals surface area contributed by atoms with Crippen molar-refractivity contribution >= 4 is 22.4 Å². The molecule has 2 aromatic carbocycles. The van der Waals surface area contributed by atoms with E-state index in [4.69, 9.17) is 0 Å². The van der Waals surface area contributed by atoms with Gasteiger partial charge in [-0.25, -0.2) is 0 Å². The van der Waals surface area contributed by atoms with Crippen LogP contribution < -0.4 is 4.90 Å². The van der Waals surface area contributed by atoms with Crippen LogP contribution in [0.4, 0.5) is 5.69 Å². The minimum atomic E-state index is -0.0587. The molecule has 0 atom stereocenters. The van der Waals surface area contributed by atoms with Crippen LogP contribution in [-0.2, 0) is 0 Å². The van der Waals surface area contributed by atoms with E-state index < -0.39 is 0 Å². The van der Waals surface area contributed by atoms with Crippen LogP contribution in [0.25, 0.3) is 16.7 Å². The Kier molecular flexibility index (Phi) is 5.97. The molecule has 0 bridgehead atoms. The lowest BCUT2D eigenvalue weighted by molar-refractivity contribution is 0.968. The summed E-state index contributed by atoms with van der Waals surface area (Å²) in [5.74, 6) is 0. The summed E-state index contributed by atoms with van der Waals surface area (Å²) in [5, 5.41) is 39.4. The summed E-state index contributed by atoms with van der Waals surface area (Å²) in [5.41, 5.74) is 6.25. The molecule has 0 spiro atoms. The molecule has 2 aliphatic rings. The molecule has 0 unspecified atom stereocenters. The fraction of sp³-hybridized carbons (Fsp3) is 0.103. The number of nitrogens with zero attached hydrogens (tertiary/aromatic N) is 5. The topological polar surface area (TPSA) is 98.4 Å². The van der Waals surface area contributed by atoms with Crippen LogP contribution in [0, 0.1) is 45.3 Å². The number of allylic oxidation sites excluding steroid dienone is 9. The van der Waals surface area contributed by atoms with Gasteiger partial charge in [-0.15, -0.1) is 0 Å². The van der Waals surface area contributed by atoms with E-state index >= 15 is 0 Å². The second-order valence-electron chi connectivity index (χ2n) is 7.61. The van der Waals surface area contributed by atoms with Crippen LogP contribution in [0.1, 0.15) is 30.5 Å². The quantitative estimate of drug-likeness (QED) is 0.532. The number of nitriles is 4. The second kappa shape index (κ2) is 9.18. The molecule has 5 nitrogen and oxygen atoms in total. The molecular formula is C29H19N5. The number of benzene rings is 2. The molecule has 0 saturated carbocycles. The molecule has 160 valence electrons. The van der Waals surface area contributed by atoms with Gasteiger partial charge in [0, 0.05) is 40.2 Å². The van der Waals surface area contributed by atoms with Gasteiger partial charge >= 0.3 is 0 Å². The molecule has 0 saturated heterocycles. The first kappa shape index (κ1) is 22.1. The SMILES string of the molecule is C/C=C/C1=CC(=C2C(=C(C#N)C#N)c3ccccc3C2=C(C#N)C#N)c2ccccc2N1CC. The average Bonchev–Trinajstić information content (AvgIpc) is 3.20. The van der Waals surface area contributed by atoms with Gasteiger partial charge in [-0.2, -0.15) is 21.0 Å². The Morgan fingerprint density at radius 2 is 1.29 bits per heavy atom. The van der Waals surface area contributed by atoms with Gasteiger partial charge in [0.15, 0.2) is 0 Å². The minimum absolute atomic E-state index is 0.0587. The lowest BCUT2D eigenvalue weighted by atomic mass is 9.86. The van der Waals surface area contributed by atoms with E-state index in [-0.39, 0.29) is 11.1 Å². The lowest BCUT2D eigenvalue weighted by Gasteiger charge is -2.32. The molecule has 0 aromatic heterocycles. The third-order valence-corrected chi connectivity index (χ3v) is 5.92. The third kappa shape index (κ3) is 3.30.